The maximum absolute atomic E-state index is 12.3. The molecule has 0 radical (unpaired) electrons. The van der Waals surface area contributed by atoms with Crippen LogP contribution in [-0.2, 0) is 4.79 Å². The van der Waals surface area contributed by atoms with E-state index in [9.17, 15) is 4.79 Å². The summed E-state index contributed by atoms with van der Waals surface area (Å²) < 4.78 is 0. The van der Waals surface area contributed by atoms with Crippen LogP contribution < -0.4 is 11.3 Å². The van der Waals surface area contributed by atoms with Crippen LogP contribution in [0.2, 0.25) is 0 Å². The van der Waals surface area contributed by atoms with E-state index in [1.807, 2.05) is 18.9 Å². The van der Waals surface area contributed by atoms with Crippen LogP contribution in [-0.4, -0.2) is 29.9 Å². The van der Waals surface area contributed by atoms with E-state index in [0.717, 1.165) is 23.7 Å². The van der Waals surface area contributed by atoms with E-state index < -0.39 is 0 Å². The number of amides is 1. The smallest absolute Gasteiger partial charge is 0.240 e. The molecule has 4 rings (SSSR count). The second-order valence-electron chi connectivity index (χ2n) is 6.76. The van der Waals surface area contributed by atoms with Gasteiger partial charge < -0.3 is 4.90 Å². The summed E-state index contributed by atoms with van der Waals surface area (Å²) in [5.41, 5.74) is 2.58. The van der Waals surface area contributed by atoms with Crippen molar-refractivity contribution in [3.8, 4) is 0 Å². The summed E-state index contributed by atoms with van der Waals surface area (Å²) in [6, 6.07) is 0.202. The molecule has 0 aromatic heterocycles. The normalized spacial score (nSPS) is 42.9. The van der Waals surface area contributed by atoms with Crippen LogP contribution >= 0.6 is 0 Å². The van der Waals surface area contributed by atoms with Gasteiger partial charge in [0.1, 0.15) is 0 Å². The second-order valence-corrected chi connectivity index (χ2v) is 6.76. The predicted molar refractivity (Wildman–Crippen MR) is 70.4 cm³/mol. The molecule has 102 valence electrons. The average Bonchev–Trinajstić information content (AvgIpc) is 2.35. The predicted octanol–water partition coefficient (Wildman–Crippen LogP) is 1.12. The summed E-state index contributed by atoms with van der Waals surface area (Å²) in [6.07, 6.45) is 6.84. The molecule has 1 unspecified atom stereocenters. The van der Waals surface area contributed by atoms with E-state index in [1.54, 1.807) is 0 Å². The van der Waals surface area contributed by atoms with Crippen molar-refractivity contribution in [2.45, 2.75) is 51.1 Å². The molecule has 0 saturated heterocycles. The molecular formula is C14H25N3O. The quantitative estimate of drug-likeness (QED) is 0.584. The number of carbonyl (C=O) groups is 1. The summed E-state index contributed by atoms with van der Waals surface area (Å²) in [5, 5.41) is 0. The molecule has 4 bridgehead atoms. The van der Waals surface area contributed by atoms with Crippen LogP contribution in [0.5, 0.6) is 0 Å². The number of hydrogen-bond acceptors (Lipinski definition) is 3. The first kappa shape index (κ1) is 12.4. The summed E-state index contributed by atoms with van der Waals surface area (Å²) in [5.74, 6) is 8.95. The summed E-state index contributed by atoms with van der Waals surface area (Å²) in [4.78, 5) is 14.3. The highest BCUT2D eigenvalue weighted by atomic mass is 16.2. The Balaban J connectivity index is 1.74. The van der Waals surface area contributed by atoms with Gasteiger partial charge in [0.25, 0.3) is 0 Å². The third-order valence-corrected chi connectivity index (χ3v) is 5.59. The van der Waals surface area contributed by atoms with E-state index >= 15 is 0 Å². The molecule has 0 spiro atoms. The van der Waals surface area contributed by atoms with E-state index in [4.69, 9.17) is 5.84 Å². The van der Waals surface area contributed by atoms with Gasteiger partial charge in [0.05, 0.1) is 6.04 Å². The molecule has 1 atom stereocenters. The minimum atomic E-state index is -0.271. The highest BCUT2D eigenvalue weighted by molar-refractivity contribution is 5.81. The first-order valence-corrected chi connectivity index (χ1v) is 7.33. The number of carbonyl (C=O) groups excluding carboxylic acids is 1. The molecule has 4 heteroatoms. The molecule has 0 aromatic carbocycles. The Hall–Kier alpha value is -0.610. The highest BCUT2D eigenvalue weighted by Gasteiger charge is 2.50. The van der Waals surface area contributed by atoms with Crippen molar-refractivity contribution in [1.82, 2.24) is 10.3 Å². The fourth-order valence-electron chi connectivity index (χ4n) is 5.05. The van der Waals surface area contributed by atoms with Gasteiger partial charge in [-0.05, 0) is 62.7 Å². The minimum absolute atomic E-state index is 0.148. The van der Waals surface area contributed by atoms with Gasteiger partial charge in [0.2, 0.25) is 5.91 Å². The molecule has 18 heavy (non-hydrogen) atoms. The van der Waals surface area contributed by atoms with E-state index in [2.05, 4.69) is 5.43 Å². The third kappa shape index (κ3) is 1.86. The van der Waals surface area contributed by atoms with E-state index in [1.165, 1.54) is 32.1 Å². The van der Waals surface area contributed by atoms with Crippen molar-refractivity contribution in [3.63, 3.8) is 0 Å². The fourth-order valence-corrected chi connectivity index (χ4v) is 5.05. The van der Waals surface area contributed by atoms with Gasteiger partial charge in [-0.3, -0.25) is 10.6 Å². The van der Waals surface area contributed by atoms with Gasteiger partial charge in [-0.1, -0.05) is 0 Å². The van der Waals surface area contributed by atoms with Crippen molar-refractivity contribution < 1.29 is 4.79 Å². The largest absolute Gasteiger partial charge is 0.341 e. The van der Waals surface area contributed by atoms with Crippen molar-refractivity contribution in [3.05, 3.63) is 0 Å². The molecule has 4 aliphatic rings. The van der Waals surface area contributed by atoms with Crippen molar-refractivity contribution in [1.29, 1.82) is 0 Å². The van der Waals surface area contributed by atoms with Gasteiger partial charge in [-0.2, -0.15) is 0 Å². The highest BCUT2D eigenvalue weighted by Crippen LogP contribution is 2.54. The molecule has 1 amide bonds. The maximum atomic E-state index is 12.3. The Morgan fingerprint density at radius 1 is 1.17 bits per heavy atom. The lowest BCUT2D eigenvalue weighted by Crippen LogP contribution is -2.59. The van der Waals surface area contributed by atoms with Gasteiger partial charge in [0, 0.05) is 13.1 Å². The Morgan fingerprint density at radius 3 is 2.11 bits per heavy atom. The fraction of sp³-hybridized carbons (Fsp3) is 0.929. The number of nitrogens with zero attached hydrogens (tertiary/aromatic N) is 1. The van der Waals surface area contributed by atoms with Gasteiger partial charge in [0.15, 0.2) is 0 Å². The molecule has 4 aliphatic carbocycles. The van der Waals surface area contributed by atoms with Crippen LogP contribution in [0.25, 0.3) is 0 Å². The van der Waals surface area contributed by atoms with Gasteiger partial charge in [-0.15, -0.1) is 0 Å². The Bertz CT molecular complexity index is 316. The first-order valence-electron chi connectivity index (χ1n) is 7.33. The monoisotopic (exact) mass is 251 g/mol. The minimum Gasteiger partial charge on any atom is -0.341 e. The Labute approximate surface area is 109 Å². The number of nitrogens with two attached hydrogens (primary N) is 1. The van der Waals surface area contributed by atoms with Crippen LogP contribution in [0.3, 0.4) is 0 Å². The molecule has 4 fully saturated rings. The lowest BCUT2D eigenvalue weighted by atomic mass is 9.54. The molecule has 0 aliphatic heterocycles. The number of hydrogen-bond donors (Lipinski definition) is 2. The van der Waals surface area contributed by atoms with Crippen molar-refractivity contribution in [2.24, 2.45) is 29.5 Å². The molecule has 0 heterocycles. The molecule has 4 saturated carbocycles. The Kier molecular flexibility index (Phi) is 3.10. The van der Waals surface area contributed by atoms with Gasteiger partial charge >= 0.3 is 0 Å². The summed E-state index contributed by atoms with van der Waals surface area (Å²) in [6.45, 7) is 1.84. The van der Waals surface area contributed by atoms with Crippen LogP contribution in [0.1, 0.15) is 39.0 Å². The van der Waals surface area contributed by atoms with E-state index in [-0.39, 0.29) is 11.9 Å². The van der Waals surface area contributed by atoms with Crippen LogP contribution in [0, 0.1) is 23.7 Å². The lowest BCUT2D eigenvalue weighted by molar-refractivity contribution is -0.142. The number of likely N-dealkylation sites (N-methyl/N-ethyl adjacent to an activating group) is 1. The summed E-state index contributed by atoms with van der Waals surface area (Å²) >= 11 is 0. The van der Waals surface area contributed by atoms with Crippen molar-refractivity contribution in [2.75, 3.05) is 7.05 Å². The second kappa shape index (κ2) is 4.49. The first-order chi connectivity index (χ1) is 8.60. The molecular weight excluding hydrogens is 226 g/mol. The van der Waals surface area contributed by atoms with Crippen LogP contribution in [0.15, 0.2) is 0 Å². The van der Waals surface area contributed by atoms with Crippen LogP contribution in [0.4, 0.5) is 0 Å². The SMILES string of the molecule is CC(NN)C(=O)N(C)C1C2CC3CC(C2)CC1C3. The Morgan fingerprint density at radius 2 is 1.67 bits per heavy atom. The molecule has 0 aromatic rings. The molecule has 3 N–H and O–H groups in total. The number of nitrogens with one attached hydrogen (secondary N) is 1. The topological polar surface area (TPSA) is 58.4 Å². The van der Waals surface area contributed by atoms with Crippen molar-refractivity contribution >= 4 is 5.91 Å². The molecule has 4 nitrogen and oxygen atoms in total. The number of rotatable bonds is 3. The third-order valence-electron chi connectivity index (χ3n) is 5.59. The lowest BCUT2D eigenvalue weighted by Gasteiger charge is -2.56. The zero-order chi connectivity index (χ0) is 12.9. The standard InChI is InChI=1S/C14H25N3O/c1-8(16-15)14(18)17(2)13-11-4-9-3-10(6-11)7-12(13)5-9/h8-13,16H,3-7,15H2,1-2H3. The van der Waals surface area contributed by atoms with E-state index in [0.29, 0.717) is 6.04 Å². The number of hydrazine groups is 1. The van der Waals surface area contributed by atoms with Gasteiger partial charge in [-0.25, -0.2) is 5.43 Å². The zero-order valence-corrected chi connectivity index (χ0v) is 11.4. The maximum Gasteiger partial charge on any atom is 0.240 e. The average molecular weight is 251 g/mol. The summed E-state index contributed by atoms with van der Waals surface area (Å²) in [7, 11) is 1.98. The zero-order valence-electron chi connectivity index (χ0n) is 11.4.